The molecule has 2 aromatic rings. The summed E-state index contributed by atoms with van der Waals surface area (Å²) in [6.45, 7) is 5.68. The second kappa shape index (κ2) is 9.01. The average Bonchev–Trinajstić information content (AvgIpc) is 2.62. The third-order valence-corrected chi connectivity index (χ3v) is 5.71. The molecule has 146 valence electrons. The van der Waals surface area contributed by atoms with E-state index in [-0.39, 0.29) is 23.4 Å². The summed E-state index contributed by atoms with van der Waals surface area (Å²) < 4.78 is 32.3. The van der Waals surface area contributed by atoms with Crippen molar-refractivity contribution in [3.63, 3.8) is 0 Å². The first-order chi connectivity index (χ1) is 12.7. The van der Waals surface area contributed by atoms with Crippen molar-refractivity contribution in [2.75, 3.05) is 7.05 Å². The summed E-state index contributed by atoms with van der Waals surface area (Å²) >= 11 is 0. The summed E-state index contributed by atoms with van der Waals surface area (Å²) in [4.78, 5) is 12.1. The average molecular weight is 391 g/mol. The molecule has 1 amide bonds. The molecule has 0 spiro atoms. The Bertz CT molecular complexity index is 849. The van der Waals surface area contributed by atoms with Crippen molar-refractivity contribution in [3.05, 3.63) is 60.2 Å². The molecule has 1 N–H and O–H groups in total. The van der Waals surface area contributed by atoms with Crippen molar-refractivity contribution < 1.29 is 17.9 Å². The molecule has 0 fully saturated rings. The molecule has 27 heavy (non-hydrogen) atoms. The topological polar surface area (TPSA) is 75.7 Å². The zero-order valence-electron chi connectivity index (χ0n) is 16.0. The zero-order valence-corrected chi connectivity index (χ0v) is 16.9. The number of ether oxygens (including phenoxy) is 1. The number of carbonyl (C=O) groups excluding carboxylic acids is 1. The summed E-state index contributed by atoms with van der Waals surface area (Å²) in [5.74, 6) is 0.218. The second-order valence-electron chi connectivity index (χ2n) is 6.64. The van der Waals surface area contributed by atoms with Gasteiger partial charge in [0.05, 0.1) is 4.90 Å². The fourth-order valence-electron chi connectivity index (χ4n) is 2.46. The van der Waals surface area contributed by atoms with Gasteiger partial charge in [-0.1, -0.05) is 30.3 Å². The fourth-order valence-corrected chi connectivity index (χ4v) is 3.61. The van der Waals surface area contributed by atoms with Crippen LogP contribution in [0, 0.1) is 0 Å². The Kier molecular flexibility index (Phi) is 6.98. The summed E-state index contributed by atoms with van der Waals surface area (Å²) in [6, 6.07) is 15.5. The second-order valence-corrected chi connectivity index (χ2v) is 8.69. The van der Waals surface area contributed by atoms with Crippen LogP contribution < -0.4 is 10.1 Å². The molecule has 0 heterocycles. The maximum atomic E-state index is 12.7. The number of rotatable bonds is 8. The highest BCUT2D eigenvalue weighted by molar-refractivity contribution is 7.89. The van der Waals surface area contributed by atoms with Crippen LogP contribution in [0.15, 0.2) is 59.5 Å². The van der Waals surface area contributed by atoms with Crippen LogP contribution in [-0.2, 0) is 21.4 Å². The summed E-state index contributed by atoms with van der Waals surface area (Å²) in [7, 11) is -2.07. The summed E-state index contributed by atoms with van der Waals surface area (Å²) in [6.07, 6.45) is -0.671. The molecule has 0 radical (unpaired) electrons. The Morgan fingerprint density at radius 2 is 1.63 bits per heavy atom. The predicted molar refractivity (Wildman–Crippen MR) is 105 cm³/mol. The lowest BCUT2D eigenvalue weighted by Gasteiger charge is -2.18. The lowest BCUT2D eigenvalue weighted by atomic mass is 10.2. The van der Waals surface area contributed by atoms with Crippen molar-refractivity contribution in [1.82, 2.24) is 9.62 Å². The van der Waals surface area contributed by atoms with E-state index < -0.39 is 16.1 Å². The van der Waals surface area contributed by atoms with E-state index >= 15 is 0 Å². The first kappa shape index (κ1) is 20.9. The molecule has 0 aromatic heterocycles. The third kappa shape index (κ3) is 5.80. The molecule has 0 aliphatic rings. The molecular formula is C20H26N2O4S. The molecule has 0 aliphatic carbocycles. The van der Waals surface area contributed by atoms with Crippen LogP contribution in [0.3, 0.4) is 0 Å². The molecule has 0 saturated heterocycles. The van der Waals surface area contributed by atoms with Crippen LogP contribution in [0.1, 0.15) is 26.3 Å². The molecule has 0 aliphatic heterocycles. The SMILES string of the molecule is CC(C)NC(=O)[C@@H](C)Oc1ccc(S(=O)(=O)N(C)Cc2ccccc2)cc1. The van der Waals surface area contributed by atoms with Crippen LogP contribution >= 0.6 is 0 Å². The highest BCUT2D eigenvalue weighted by Gasteiger charge is 2.21. The molecule has 2 aromatic carbocycles. The predicted octanol–water partition coefficient (Wildman–Crippen LogP) is 2.80. The van der Waals surface area contributed by atoms with Gasteiger partial charge in [0.25, 0.3) is 5.91 Å². The number of amides is 1. The normalized spacial score (nSPS) is 12.8. The lowest BCUT2D eigenvalue weighted by molar-refractivity contribution is -0.127. The van der Waals surface area contributed by atoms with Gasteiger partial charge in [0.2, 0.25) is 10.0 Å². The van der Waals surface area contributed by atoms with Gasteiger partial charge in [-0.3, -0.25) is 4.79 Å². The van der Waals surface area contributed by atoms with Gasteiger partial charge in [-0.05, 0) is 50.6 Å². The van der Waals surface area contributed by atoms with Gasteiger partial charge < -0.3 is 10.1 Å². The van der Waals surface area contributed by atoms with Crippen LogP contribution in [0.5, 0.6) is 5.75 Å². The van der Waals surface area contributed by atoms with Gasteiger partial charge in [-0.2, -0.15) is 4.31 Å². The van der Waals surface area contributed by atoms with Gasteiger partial charge in [0.15, 0.2) is 6.10 Å². The smallest absolute Gasteiger partial charge is 0.260 e. The fraction of sp³-hybridized carbons (Fsp3) is 0.350. The molecular weight excluding hydrogens is 364 g/mol. The van der Waals surface area contributed by atoms with E-state index in [1.54, 1.807) is 26.1 Å². The van der Waals surface area contributed by atoms with Crippen molar-refractivity contribution in [2.24, 2.45) is 0 Å². The van der Waals surface area contributed by atoms with Crippen LogP contribution in [0.4, 0.5) is 0 Å². The van der Waals surface area contributed by atoms with Crippen LogP contribution in [-0.4, -0.2) is 37.8 Å². The van der Waals surface area contributed by atoms with Gasteiger partial charge in [0.1, 0.15) is 5.75 Å². The molecule has 7 heteroatoms. The monoisotopic (exact) mass is 390 g/mol. The minimum absolute atomic E-state index is 0.0243. The Balaban J connectivity index is 2.05. The molecule has 0 bridgehead atoms. The molecule has 2 rings (SSSR count). The highest BCUT2D eigenvalue weighted by Crippen LogP contribution is 2.21. The van der Waals surface area contributed by atoms with Crippen molar-refractivity contribution in [3.8, 4) is 5.75 Å². The van der Waals surface area contributed by atoms with Crippen molar-refractivity contribution in [1.29, 1.82) is 0 Å². The maximum Gasteiger partial charge on any atom is 0.260 e. The number of carbonyl (C=O) groups is 1. The zero-order chi connectivity index (χ0) is 20.0. The quantitative estimate of drug-likeness (QED) is 0.752. The van der Waals surface area contributed by atoms with Gasteiger partial charge in [0, 0.05) is 19.6 Å². The summed E-state index contributed by atoms with van der Waals surface area (Å²) in [5, 5.41) is 2.77. The molecule has 0 unspecified atom stereocenters. The van der Waals surface area contributed by atoms with Gasteiger partial charge in [-0.25, -0.2) is 8.42 Å². The largest absolute Gasteiger partial charge is 0.481 e. The van der Waals surface area contributed by atoms with E-state index in [1.807, 2.05) is 44.2 Å². The third-order valence-electron chi connectivity index (χ3n) is 3.89. The minimum Gasteiger partial charge on any atom is -0.481 e. The standard InChI is InChI=1S/C20H26N2O4S/c1-15(2)21-20(23)16(3)26-18-10-12-19(13-11-18)27(24,25)22(4)14-17-8-6-5-7-9-17/h5-13,15-16H,14H2,1-4H3,(H,21,23)/t16-/m1/s1. The number of hydrogen-bond acceptors (Lipinski definition) is 4. The Morgan fingerprint density at radius 3 is 2.19 bits per heavy atom. The van der Waals surface area contributed by atoms with E-state index in [0.29, 0.717) is 5.75 Å². The maximum absolute atomic E-state index is 12.7. The van der Waals surface area contributed by atoms with E-state index in [0.717, 1.165) is 5.56 Å². The van der Waals surface area contributed by atoms with E-state index in [9.17, 15) is 13.2 Å². The van der Waals surface area contributed by atoms with E-state index in [1.165, 1.54) is 16.4 Å². The minimum atomic E-state index is -3.62. The number of nitrogens with one attached hydrogen (secondary N) is 1. The van der Waals surface area contributed by atoms with Crippen LogP contribution in [0.25, 0.3) is 0 Å². The molecule has 0 saturated carbocycles. The van der Waals surface area contributed by atoms with Gasteiger partial charge >= 0.3 is 0 Å². The Morgan fingerprint density at radius 1 is 1.04 bits per heavy atom. The van der Waals surface area contributed by atoms with Gasteiger partial charge in [-0.15, -0.1) is 0 Å². The number of nitrogens with zero attached hydrogens (tertiary/aromatic N) is 1. The molecule has 6 nitrogen and oxygen atoms in total. The van der Waals surface area contributed by atoms with E-state index in [2.05, 4.69) is 5.32 Å². The molecule has 1 atom stereocenters. The first-order valence-corrected chi connectivity index (χ1v) is 10.2. The Hall–Kier alpha value is -2.38. The van der Waals surface area contributed by atoms with E-state index in [4.69, 9.17) is 4.74 Å². The first-order valence-electron chi connectivity index (χ1n) is 8.77. The number of hydrogen-bond donors (Lipinski definition) is 1. The lowest BCUT2D eigenvalue weighted by Crippen LogP contribution is -2.40. The van der Waals surface area contributed by atoms with Crippen molar-refractivity contribution >= 4 is 15.9 Å². The number of benzene rings is 2. The summed E-state index contributed by atoms with van der Waals surface area (Å²) in [5.41, 5.74) is 0.911. The van der Waals surface area contributed by atoms with Crippen molar-refractivity contribution in [2.45, 2.75) is 44.4 Å². The highest BCUT2D eigenvalue weighted by atomic mass is 32.2. The number of sulfonamides is 1. The van der Waals surface area contributed by atoms with Crippen LogP contribution in [0.2, 0.25) is 0 Å². The Labute approximate surface area is 161 Å².